The number of anilines is 1. The molecule has 0 spiro atoms. The van der Waals surface area contributed by atoms with Crippen LogP contribution < -0.4 is 11.1 Å². The van der Waals surface area contributed by atoms with E-state index in [1.807, 2.05) is 0 Å². The molecule has 0 saturated heterocycles. The third-order valence-electron chi connectivity index (χ3n) is 4.07. The number of aromatic nitrogens is 2. The lowest BCUT2D eigenvalue weighted by Gasteiger charge is -2.08. The lowest BCUT2D eigenvalue weighted by atomic mass is 10.1. The van der Waals surface area contributed by atoms with Crippen molar-refractivity contribution in [3.05, 3.63) is 74.0 Å². The number of aryl methyl sites for hydroxylation is 2. The molecule has 1 amide bonds. The summed E-state index contributed by atoms with van der Waals surface area (Å²) in [6, 6.07) is 7.97. The quantitative estimate of drug-likeness (QED) is 0.532. The topological polar surface area (TPSA) is 120 Å². The number of rotatable bonds is 5. The Balaban J connectivity index is 1.81. The zero-order valence-electron chi connectivity index (χ0n) is 14.9. The Labute approximate surface area is 157 Å². The second kappa shape index (κ2) is 7.43. The van der Waals surface area contributed by atoms with Crippen LogP contribution in [0.4, 0.5) is 15.8 Å². The number of carbonyl (C=O) groups is 1. The maximum atomic E-state index is 13.0. The number of benzene rings is 2. The molecule has 9 nitrogen and oxygen atoms in total. The average molecular weight is 386 g/mol. The summed E-state index contributed by atoms with van der Waals surface area (Å²) in [5, 5.41) is 17.5. The first-order chi connectivity index (χ1) is 13.2. The lowest BCUT2D eigenvalue weighted by molar-refractivity contribution is -0.384. The Bertz CT molecular complexity index is 1120. The first kappa shape index (κ1) is 19.0. The van der Waals surface area contributed by atoms with E-state index in [1.165, 1.54) is 36.4 Å². The van der Waals surface area contributed by atoms with Gasteiger partial charge in [-0.05, 0) is 55.3 Å². The van der Waals surface area contributed by atoms with E-state index in [0.29, 0.717) is 11.1 Å². The van der Waals surface area contributed by atoms with Gasteiger partial charge in [0.2, 0.25) is 11.8 Å². The Morgan fingerprint density at radius 2 is 1.89 bits per heavy atom. The van der Waals surface area contributed by atoms with Crippen LogP contribution in [0.3, 0.4) is 0 Å². The molecule has 0 aliphatic carbocycles. The van der Waals surface area contributed by atoms with Gasteiger partial charge in [-0.15, -0.1) is 5.10 Å². The van der Waals surface area contributed by atoms with Crippen molar-refractivity contribution < 1.29 is 18.5 Å². The van der Waals surface area contributed by atoms with Crippen molar-refractivity contribution in [1.82, 2.24) is 9.78 Å². The van der Waals surface area contributed by atoms with Crippen LogP contribution in [0.25, 0.3) is 11.5 Å². The molecule has 144 valence electrons. The molecule has 0 bridgehead atoms. The van der Waals surface area contributed by atoms with E-state index in [2.05, 4.69) is 10.4 Å². The number of hydrogen-bond acceptors (Lipinski definition) is 6. The number of nitro benzene ring substituents is 1. The summed E-state index contributed by atoms with van der Waals surface area (Å²) in [5.41, 5.74) is 1.60. The summed E-state index contributed by atoms with van der Waals surface area (Å²) in [5.74, 6) is -2.11. The molecule has 10 heteroatoms. The normalized spacial score (nSPS) is 10.7. The van der Waals surface area contributed by atoms with E-state index in [4.69, 9.17) is 4.42 Å². The number of halogens is 1. The van der Waals surface area contributed by atoms with E-state index in [9.17, 15) is 24.1 Å². The van der Waals surface area contributed by atoms with Gasteiger partial charge < -0.3 is 9.73 Å². The summed E-state index contributed by atoms with van der Waals surface area (Å²) >= 11 is 0. The standard InChI is InChI=1S/C18H15FN4O5/c1-10-7-14(15(23(26)27)8-11(10)2)20-16(24)9-22-18(25)28-17(21-22)12-3-5-13(19)6-4-12/h3-8H,9H2,1-2H3,(H,20,24). The van der Waals surface area contributed by atoms with Gasteiger partial charge in [0, 0.05) is 11.6 Å². The van der Waals surface area contributed by atoms with E-state index >= 15 is 0 Å². The van der Waals surface area contributed by atoms with Crippen LogP contribution in [0.1, 0.15) is 11.1 Å². The molecule has 0 radical (unpaired) electrons. The molecule has 28 heavy (non-hydrogen) atoms. The molecule has 0 fully saturated rings. The summed E-state index contributed by atoms with van der Waals surface area (Å²) in [6.07, 6.45) is 0. The predicted octanol–water partition coefficient (Wildman–Crippen LogP) is 2.81. The minimum Gasteiger partial charge on any atom is -0.388 e. The maximum absolute atomic E-state index is 13.0. The van der Waals surface area contributed by atoms with E-state index in [1.54, 1.807) is 13.8 Å². The van der Waals surface area contributed by atoms with Crippen molar-refractivity contribution >= 4 is 17.3 Å². The zero-order valence-corrected chi connectivity index (χ0v) is 14.9. The van der Waals surface area contributed by atoms with E-state index in [-0.39, 0.29) is 17.3 Å². The highest BCUT2D eigenvalue weighted by molar-refractivity contribution is 5.93. The molecule has 3 rings (SSSR count). The van der Waals surface area contributed by atoms with Gasteiger partial charge in [-0.2, -0.15) is 4.68 Å². The summed E-state index contributed by atoms with van der Waals surface area (Å²) in [7, 11) is 0. The van der Waals surface area contributed by atoms with E-state index < -0.39 is 28.9 Å². The Hall–Kier alpha value is -3.82. The van der Waals surface area contributed by atoms with Crippen LogP contribution in [-0.4, -0.2) is 20.6 Å². The number of carbonyl (C=O) groups excluding carboxylic acids is 1. The molecular weight excluding hydrogens is 371 g/mol. The molecule has 0 unspecified atom stereocenters. The van der Waals surface area contributed by atoms with Gasteiger partial charge >= 0.3 is 5.76 Å². The molecule has 3 aromatic rings. The first-order valence-electron chi connectivity index (χ1n) is 8.14. The molecular formula is C18H15FN4O5. The van der Waals surface area contributed by atoms with Crippen molar-refractivity contribution in [3.63, 3.8) is 0 Å². The molecule has 0 saturated carbocycles. The smallest absolute Gasteiger partial charge is 0.388 e. The lowest BCUT2D eigenvalue weighted by Crippen LogP contribution is -2.26. The number of nitrogens with zero attached hydrogens (tertiary/aromatic N) is 3. The third-order valence-corrected chi connectivity index (χ3v) is 4.07. The van der Waals surface area contributed by atoms with Gasteiger partial charge in [-0.25, -0.2) is 9.18 Å². The van der Waals surface area contributed by atoms with Gasteiger partial charge in [-0.3, -0.25) is 14.9 Å². The van der Waals surface area contributed by atoms with Crippen molar-refractivity contribution in [2.24, 2.45) is 0 Å². The Morgan fingerprint density at radius 3 is 2.54 bits per heavy atom. The highest BCUT2D eigenvalue weighted by atomic mass is 19.1. The molecule has 1 N–H and O–H groups in total. The fourth-order valence-electron chi connectivity index (χ4n) is 2.49. The maximum Gasteiger partial charge on any atom is 0.437 e. The second-order valence-corrected chi connectivity index (χ2v) is 6.10. The fourth-order valence-corrected chi connectivity index (χ4v) is 2.49. The van der Waals surface area contributed by atoms with Crippen LogP contribution in [0, 0.1) is 29.8 Å². The highest BCUT2D eigenvalue weighted by Crippen LogP contribution is 2.28. The van der Waals surface area contributed by atoms with Gasteiger partial charge in [0.1, 0.15) is 18.0 Å². The average Bonchev–Trinajstić information content (AvgIpc) is 2.98. The van der Waals surface area contributed by atoms with Crippen molar-refractivity contribution in [2.45, 2.75) is 20.4 Å². The van der Waals surface area contributed by atoms with Crippen molar-refractivity contribution in [2.75, 3.05) is 5.32 Å². The van der Waals surface area contributed by atoms with Crippen LogP contribution in [0.2, 0.25) is 0 Å². The molecule has 1 aromatic heterocycles. The molecule has 2 aromatic carbocycles. The van der Waals surface area contributed by atoms with Gasteiger partial charge in [0.25, 0.3) is 5.69 Å². The summed E-state index contributed by atoms with van der Waals surface area (Å²) in [6.45, 7) is 2.97. The van der Waals surface area contributed by atoms with Crippen LogP contribution in [0.5, 0.6) is 0 Å². The highest BCUT2D eigenvalue weighted by Gasteiger charge is 2.19. The summed E-state index contributed by atoms with van der Waals surface area (Å²) < 4.78 is 18.7. The zero-order chi connectivity index (χ0) is 20.4. The van der Waals surface area contributed by atoms with Gasteiger partial charge in [0.05, 0.1) is 4.92 Å². The fraction of sp³-hybridized carbons (Fsp3) is 0.167. The monoisotopic (exact) mass is 386 g/mol. The van der Waals surface area contributed by atoms with Crippen LogP contribution in [-0.2, 0) is 11.3 Å². The molecule has 0 atom stereocenters. The Morgan fingerprint density at radius 1 is 1.25 bits per heavy atom. The van der Waals surface area contributed by atoms with Crippen molar-refractivity contribution in [1.29, 1.82) is 0 Å². The molecule has 0 aliphatic heterocycles. The summed E-state index contributed by atoms with van der Waals surface area (Å²) in [4.78, 5) is 34.8. The largest absolute Gasteiger partial charge is 0.437 e. The third kappa shape index (κ3) is 3.95. The van der Waals surface area contributed by atoms with E-state index in [0.717, 1.165) is 10.2 Å². The first-order valence-corrected chi connectivity index (χ1v) is 8.14. The number of amides is 1. The van der Waals surface area contributed by atoms with Gasteiger partial charge in [-0.1, -0.05) is 0 Å². The number of nitro groups is 1. The van der Waals surface area contributed by atoms with Crippen molar-refractivity contribution in [3.8, 4) is 11.5 Å². The van der Waals surface area contributed by atoms with Crippen LogP contribution >= 0.6 is 0 Å². The second-order valence-electron chi connectivity index (χ2n) is 6.10. The minimum absolute atomic E-state index is 0.0217. The molecule has 0 aliphatic rings. The number of hydrogen-bond donors (Lipinski definition) is 1. The predicted molar refractivity (Wildman–Crippen MR) is 97.4 cm³/mol. The SMILES string of the molecule is Cc1cc(NC(=O)Cn2nc(-c3ccc(F)cc3)oc2=O)c([N+](=O)[O-])cc1C. The van der Waals surface area contributed by atoms with Crippen LogP contribution in [0.15, 0.2) is 45.6 Å². The molecule has 1 heterocycles. The number of nitrogens with one attached hydrogen (secondary N) is 1. The minimum atomic E-state index is -0.885. The Kier molecular flexibility index (Phi) is 5.03. The van der Waals surface area contributed by atoms with Gasteiger partial charge in [0.15, 0.2) is 0 Å².